The molecule has 3 rings (SSSR count). The summed E-state index contributed by atoms with van der Waals surface area (Å²) in [5.41, 5.74) is 1.25. The number of halogens is 2. The van der Waals surface area contributed by atoms with Gasteiger partial charge in [-0.25, -0.2) is 22.2 Å². The first-order chi connectivity index (χ1) is 13.3. The molecule has 0 saturated carbocycles. The van der Waals surface area contributed by atoms with Crippen molar-refractivity contribution in [2.45, 2.75) is 19.4 Å². The van der Waals surface area contributed by atoms with Gasteiger partial charge in [-0.05, 0) is 18.6 Å². The number of fused-ring (bicyclic) bond motifs is 1. The molecule has 0 saturated heterocycles. The lowest BCUT2D eigenvalue weighted by molar-refractivity contribution is 0.130. The molecule has 0 bridgehead atoms. The summed E-state index contributed by atoms with van der Waals surface area (Å²) in [5, 5.41) is 0.669. The van der Waals surface area contributed by atoms with Crippen LogP contribution in [0.2, 0.25) is 0 Å². The first-order valence-corrected chi connectivity index (χ1v) is 10.4. The number of H-pyrrole nitrogens is 1. The second kappa shape index (κ2) is 7.88. The number of methoxy groups -OCH3 is 1. The predicted octanol–water partition coefficient (Wildman–Crippen LogP) is 1.99. The molecule has 1 aromatic carbocycles. The molecule has 10 heteroatoms. The normalized spacial score (nSPS) is 13.0. The van der Waals surface area contributed by atoms with Crippen LogP contribution >= 0.6 is 0 Å². The third-order valence-corrected chi connectivity index (χ3v) is 5.82. The highest BCUT2D eigenvalue weighted by atomic mass is 32.2. The molecule has 0 fully saturated rings. The summed E-state index contributed by atoms with van der Waals surface area (Å²) in [4.78, 5) is 7.21. The second-order valence-electron chi connectivity index (χ2n) is 6.51. The van der Waals surface area contributed by atoms with E-state index in [0.717, 1.165) is 17.6 Å². The Hall–Kier alpha value is -2.46. The Bertz CT molecular complexity index is 1120. The summed E-state index contributed by atoms with van der Waals surface area (Å²) in [6.07, 6.45) is 2.54. The number of anilines is 1. The van der Waals surface area contributed by atoms with Gasteiger partial charge < -0.3 is 9.72 Å². The maximum Gasteiger partial charge on any atom is 0.232 e. The fraction of sp³-hybridized carbons (Fsp3) is 0.278. The molecular formula is C18H20BF2N3O3S. The van der Waals surface area contributed by atoms with Gasteiger partial charge in [-0.2, -0.15) is 0 Å². The minimum Gasteiger partial charge on any atom is -0.372 e. The van der Waals surface area contributed by atoms with E-state index in [2.05, 4.69) is 14.7 Å². The minimum atomic E-state index is -3.73. The third kappa shape index (κ3) is 3.88. The number of hydrogen-bond donors (Lipinski definition) is 2. The summed E-state index contributed by atoms with van der Waals surface area (Å²) in [6.45, 7) is 1.69. The largest absolute Gasteiger partial charge is 0.372 e. The SMILES string of the molecule is Bc1cnc2[nH]cc(C(OC)c3c(F)ccc(NS(=O)(=O)CCC)c3F)c2c1. The van der Waals surface area contributed by atoms with Gasteiger partial charge in [-0.3, -0.25) is 4.72 Å². The van der Waals surface area contributed by atoms with Crippen LogP contribution in [0.15, 0.2) is 30.6 Å². The monoisotopic (exact) mass is 407 g/mol. The topological polar surface area (TPSA) is 84.1 Å². The lowest BCUT2D eigenvalue weighted by Gasteiger charge is -2.19. The molecule has 0 aliphatic carbocycles. The molecule has 28 heavy (non-hydrogen) atoms. The maximum atomic E-state index is 15.1. The highest BCUT2D eigenvalue weighted by Crippen LogP contribution is 2.36. The summed E-state index contributed by atoms with van der Waals surface area (Å²) < 4.78 is 61.4. The van der Waals surface area contributed by atoms with Crippen molar-refractivity contribution >= 4 is 40.1 Å². The lowest BCUT2D eigenvalue weighted by atomic mass is 9.94. The number of rotatable bonds is 7. The molecule has 2 N–H and O–H groups in total. The van der Waals surface area contributed by atoms with Crippen molar-refractivity contribution in [1.29, 1.82) is 0 Å². The average molecular weight is 407 g/mol. The quantitative estimate of drug-likeness (QED) is 0.587. The van der Waals surface area contributed by atoms with Gasteiger partial charge in [0.25, 0.3) is 0 Å². The van der Waals surface area contributed by atoms with Gasteiger partial charge in [0.05, 0.1) is 17.0 Å². The number of pyridine rings is 1. The number of nitrogens with one attached hydrogen (secondary N) is 2. The Morgan fingerprint density at radius 2 is 2.11 bits per heavy atom. The van der Waals surface area contributed by atoms with Gasteiger partial charge in [0, 0.05) is 30.5 Å². The number of benzene rings is 1. The molecule has 6 nitrogen and oxygen atoms in total. The Labute approximate surface area is 162 Å². The van der Waals surface area contributed by atoms with E-state index in [1.807, 2.05) is 13.9 Å². The number of nitrogens with zero attached hydrogens (tertiary/aromatic N) is 1. The second-order valence-corrected chi connectivity index (χ2v) is 8.35. The van der Waals surface area contributed by atoms with Crippen molar-refractivity contribution in [3.05, 3.63) is 53.4 Å². The third-order valence-electron chi connectivity index (χ3n) is 4.35. The van der Waals surface area contributed by atoms with E-state index in [4.69, 9.17) is 4.74 Å². The van der Waals surface area contributed by atoms with Crippen molar-refractivity contribution in [3.8, 4) is 0 Å². The summed E-state index contributed by atoms with van der Waals surface area (Å²) in [6, 6.07) is 3.92. The number of aromatic nitrogens is 2. The van der Waals surface area contributed by atoms with E-state index in [1.165, 1.54) is 7.11 Å². The van der Waals surface area contributed by atoms with Crippen molar-refractivity contribution in [1.82, 2.24) is 9.97 Å². The molecule has 148 valence electrons. The molecule has 0 spiro atoms. The summed E-state index contributed by atoms with van der Waals surface area (Å²) >= 11 is 0. The van der Waals surface area contributed by atoms with Crippen molar-refractivity contribution in [3.63, 3.8) is 0 Å². The number of sulfonamides is 1. The fourth-order valence-electron chi connectivity index (χ4n) is 3.12. The van der Waals surface area contributed by atoms with E-state index < -0.39 is 27.8 Å². The molecular weight excluding hydrogens is 387 g/mol. The van der Waals surface area contributed by atoms with Crippen LogP contribution in [0.3, 0.4) is 0 Å². The van der Waals surface area contributed by atoms with E-state index in [0.29, 0.717) is 23.0 Å². The van der Waals surface area contributed by atoms with Gasteiger partial charge in [-0.15, -0.1) is 0 Å². The first-order valence-electron chi connectivity index (χ1n) is 8.72. The zero-order valence-electron chi connectivity index (χ0n) is 15.7. The molecule has 0 radical (unpaired) electrons. The van der Waals surface area contributed by atoms with Crippen LogP contribution in [0.25, 0.3) is 11.0 Å². The van der Waals surface area contributed by atoms with Gasteiger partial charge in [-0.1, -0.05) is 18.5 Å². The number of aromatic amines is 1. The highest BCUT2D eigenvalue weighted by Gasteiger charge is 2.27. The Balaban J connectivity index is 2.12. The Morgan fingerprint density at radius 1 is 1.36 bits per heavy atom. The van der Waals surface area contributed by atoms with Crippen LogP contribution < -0.4 is 10.2 Å². The van der Waals surface area contributed by atoms with Crippen LogP contribution in [0.5, 0.6) is 0 Å². The van der Waals surface area contributed by atoms with E-state index in [1.54, 1.807) is 19.3 Å². The van der Waals surface area contributed by atoms with Gasteiger partial charge in [0.1, 0.15) is 25.4 Å². The van der Waals surface area contributed by atoms with Crippen molar-refractivity contribution in [2.75, 3.05) is 17.6 Å². The molecule has 3 aromatic rings. The van der Waals surface area contributed by atoms with Crippen molar-refractivity contribution in [2.24, 2.45) is 0 Å². The van der Waals surface area contributed by atoms with Crippen LogP contribution in [-0.2, 0) is 14.8 Å². The Kier molecular flexibility index (Phi) is 5.71. The smallest absolute Gasteiger partial charge is 0.232 e. The molecule has 1 unspecified atom stereocenters. The standard InChI is InChI=1S/C18H20BF2N3O3S/c1-3-6-28(25,26)24-14-5-4-13(20)15(16(14)21)17(27-2)12-9-23-18-11(12)7-10(19)8-22-18/h4-5,7-9,17,24H,3,6,19H2,1-2H3,(H,22,23). The zero-order valence-corrected chi connectivity index (χ0v) is 16.5. The van der Waals surface area contributed by atoms with Crippen molar-refractivity contribution < 1.29 is 21.9 Å². The lowest BCUT2D eigenvalue weighted by Crippen LogP contribution is -2.18. The van der Waals surface area contributed by atoms with Crippen LogP contribution in [0.1, 0.15) is 30.6 Å². The van der Waals surface area contributed by atoms with Crippen LogP contribution in [0, 0.1) is 11.6 Å². The number of ether oxygens (including phenoxy) is 1. The number of hydrogen-bond acceptors (Lipinski definition) is 4. The van der Waals surface area contributed by atoms with E-state index >= 15 is 4.39 Å². The zero-order chi connectivity index (χ0) is 20.5. The van der Waals surface area contributed by atoms with Crippen LogP contribution in [-0.4, -0.2) is 39.1 Å². The molecule has 2 heterocycles. The summed E-state index contributed by atoms with van der Waals surface area (Å²) in [5.74, 6) is -2.01. The summed E-state index contributed by atoms with van der Waals surface area (Å²) in [7, 11) is -0.543. The van der Waals surface area contributed by atoms with Gasteiger partial charge in [0.15, 0.2) is 5.82 Å². The maximum absolute atomic E-state index is 15.1. The van der Waals surface area contributed by atoms with E-state index in [9.17, 15) is 12.8 Å². The Morgan fingerprint density at radius 3 is 2.79 bits per heavy atom. The van der Waals surface area contributed by atoms with E-state index in [-0.39, 0.29) is 17.0 Å². The minimum absolute atomic E-state index is 0.166. The van der Waals surface area contributed by atoms with Gasteiger partial charge >= 0.3 is 0 Å². The first kappa shape index (κ1) is 20.3. The molecule has 1 atom stereocenters. The molecule has 0 amide bonds. The molecule has 2 aromatic heterocycles. The molecule has 0 aliphatic rings. The van der Waals surface area contributed by atoms with Crippen LogP contribution in [0.4, 0.5) is 14.5 Å². The van der Waals surface area contributed by atoms with Gasteiger partial charge in [0.2, 0.25) is 10.0 Å². The predicted molar refractivity (Wildman–Crippen MR) is 107 cm³/mol. The fourth-order valence-corrected chi connectivity index (χ4v) is 4.25. The average Bonchev–Trinajstić information content (AvgIpc) is 3.03. The molecule has 0 aliphatic heterocycles. The highest BCUT2D eigenvalue weighted by molar-refractivity contribution is 7.92.